The topological polar surface area (TPSA) is 174 Å². The van der Waals surface area contributed by atoms with Gasteiger partial charge in [0.1, 0.15) is 24.4 Å². The van der Waals surface area contributed by atoms with Gasteiger partial charge in [-0.25, -0.2) is 0 Å². The van der Waals surface area contributed by atoms with Gasteiger partial charge >= 0.3 is 0 Å². The Labute approximate surface area is 230 Å². The second kappa shape index (κ2) is 17.2. The molecule has 0 fully saturated rings. The van der Waals surface area contributed by atoms with Gasteiger partial charge in [-0.15, -0.1) is 0 Å². The Morgan fingerprint density at radius 3 is 1.92 bits per heavy atom. The molecular weight excluding hydrogens is 510 g/mol. The molecule has 0 aromatic heterocycles. The van der Waals surface area contributed by atoms with Crippen LogP contribution in [0.4, 0.5) is 0 Å². The van der Waals surface area contributed by atoms with Crippen LogP contribution in [0.5, 0.6) is 0 Å². The van der Waals surface area contributed by atoms with Crippen molar-refractivity contribution in [2.24, 2.45) is 0 Å². The van der Waals surface area contributed by atoms with Crippen LogP contribution in [0.3, 0.4) is 0 Å². The number of hydrogen-bond donors (Lipinski definition) is 5. The molecule has 0 saturated carbocycles. The highest BCUT2D eigenvalue weighted by molar-refractivity contribution is 6.24. The monoisotopic (exact) mass is 555 g/mol. The molecule has 0 spiro atoms. The molecule has 11 nitrogen and oxygen atoms in total. The summed E-state index contributed by atoms with van der Waals surface area (Å²) in [7, 11) is 3.88. The van der Waals surface area contributed by atoms with Gasteiger partial charge in [0, 0.05) is 30.3 Å². The molecule has 0 radical (unpaired) electrons. The van der Waals surface area contributed by atoms with Gasteiger partial charge in [0.05, 0.1) is 20.8 Å². The van der Waals surface area contributed by atoms with E-state index in [1.165, 1.54) is 34.3 Å². The largest absolute Gasteiger partial charge is 0.489 e. The van der Waals surface area contributed by atoms with E-state index in [1.807, 2.05) is 0 Å². The number of ether oxygens (including phenoxy) is 2. The highest BCUT2D eigenvalue weighted by Gasteiger charge is 2.35. The predicted octanol–water partition coefficient (Wildman–Crippen LogP) is 0.921. The molecule has 1 rings (SSSR count). The van der Waals surface area contributed by atoms with E-state index >= 15 is 0 Å². The zero-order valence-electron chi connectivity index (χ0n) is 23.7. The average molecular weight is 556 g/mol. The van der Waals surface area contributed by atoms with Crippen molar-refractivity contribution in [3.63, 3.8) is 0 Å². The van der Waals surface area contributed by atoms with Crippen molar-refractivity contribution in [2.75, 3.05) is 34.4 Å². The van der Waals surface area contributed by atoms with Crippen LogP contribution < -0.4 is 0 Å². The molecule has 0 aliphatic heterocycles. The Kier molecular flexibility index (Phi) is 15.2. The van der Waals surface area contributed by atoms with E-state index in [2.05, 4.69) is 6.92 Å². The molecule has 1 amide bonds. The number of ketones is 2. The third-order valence-corrected chi connectivity index (χ3v) is 6.79. The molecule has 5 N–H and O–H groups in total. The third-order valence-electron chi connectivity index (χ3n) is 6.79. The first-order valence-corrected chi connectivity index (χ1v) is 13.4. The third kappa shape index (κ3) is 9.54. The molecule has 1 aliphatic carbocycles. The maximum atomic E-state index is 13.4. The fourth-order valence-corrected chi connectivity index (χ4v) is 4.30. The number of methoxy groups -OCH3 is 2. The number of nitrogens with zero attached hydrogens (tertiary/aromatic N) is 1. The van der Waals surface area contributed by atoms with Crippen LogP contribution in [-0.4, -0.2) is 107 Å². The van der Waals surface area contributed by atoms with Crippen molar-refractivity contribution >= 4 is 17.5 Å². The number of aliphatic hydroxyl groups excluding tert-OH is 5. The minimum Gasteiger partial charge on any atom is -0.489 e. The van der Waals surface area contributed by atoms with Crippen molar-refractivity contribution < 1.29 is 49.4 Å². The first-order valence-electron chi connectivity index (χ1n) is 13.4. The van der Waals surface area contributed by atoms with Crippen molar-refractivity contribution in [2.45, 2.75) is 89.6 Å². The molecule has 1 aliphatic rings. The Balaban J connectivity index is 3.21. The van der Waals surface area contributed by atoms with Gasteiger partial charge in [0.2, 0.25) is 29.0 Å². The molecule has 0 bridgehead atoms. The summed E-state index contributed by atoms with van der Waals surface area (Å²) in [6, 6.07) is 0. The Morgan fingerprint density at radius 1 is 0.872 bits per heavy atom. The molecule has 4 atom stereocenters. The summed E-state index contributed by atoms with van der Waals surface area (Å²) in [5, 5.41) is 48.9. The van der Waals surface area contributed by atoms with Gasteiger partial charge in [-0.1, -0.05) is 45.4 Å². The zero-order chi connectivity index (χ0) is 29.7. The fourth-order valence-electron chi connectivity index (χ4n) is 4.30. The minimum absolute atomic E-state index is 0.000538. The highest BCUT2D eigenvalue weighted by Crippen LogP contribution is 2.28. The van der Waals surface area contributed by atoms with Crippen molar-refractivity contribution in [1.82, 2.24) is 4.90 Å². The van der Waals surface area contributed by atoms with Crippen LogP contribution >= 0.6 is 0 Å². The Morgan fingerprint density at radius 2 is 1.38 bits per heavy atom. The van der Waals surface area contributed by atoms with Crippen LogP contribution in [0.25, 0.3) is 0 Å². The molecule has 0 unspecified atom stereocenters. The summed E-state index contributed by atoms with van der Waals surface area (Å²) in [5.74, 6) is -2.16. The van der Waals surface area contributed by atoms with Crippen molar-refractivity contribution in [3.8, 4) is 0 Å². The molecule has 222 valence electrons. The normalized spacial score (nSPS) is 17.7. The zero-order valence-corrected chi connectivity index (χ0v) is 23.7. The maximum Gasteiger partial charge on any atom is 0.249 e. The van der Waals surface area contributed by atoms with Crippen LogP contribution in [0.1, 0.15) is 65.2 Å². The summed E-state index contributed by atoms with van der Waals surface area (Å²) < 4.78 is 10.2. The summed E-state index contributed by atoms with van der Waals surface area (Å²) in [6.45, 7) is 2.36. The number of rotatable bonds is 18. The number of allylic oxidation sites excluding steroid dienone is 3. The average Bonchev–Trinajstić information content (AvgIpc) is 2.93. The molecular formula is C28H45NO10. The van der Waals surface area contributed by atoms with Crippen LogP contribution in [0, 0.1) is 0 Å². The Hall–Kier alpha value is -2.57. The molecule has 0 saturated heterocycles. The number of likely N-dealkylation sites (N-methyl/N-ethyl adjacent to an activating group) is 1. The van der Waals surface area contributed by atoms with Crippen LogP contribution in [-0.2, 0) is 23.9 Å². The summed E-state index contributed by atoms with van der Waals surface area (Å²) in [6.07, 6.45) is 1.68. The lowest BCUT2D eigenvalue weighted by molar-refractivity contribution is -0.135. The summed E-state index contributed by atoms with van der Waals surface area (Å²) in [5.41, 5.74) is 0.316. The molecule has 0 aromatic carbocycles. The number of unbranched alkanes of at least 4 members (excludes halogenated alkanes) is 6. The van der Waals surface area contributed by atoms with E-state index in [1.54, 1.807) is 0 Å². The number of aliphatic hydroxyl groups is 5. The minimum atomic E-state index is -1.83. The van der Waals surface area contributed by atoms with Crippen molar-refractivity contribution in [3.05, 3.63) is 34.3 Å². The number of hydrogen-bond acceptors (Lipinski definition) is 10. The lowest BCUT2D eigenvalue weighted by Gasteiger charge is -2.29. The van der Waals surface area contributed by atoms with E-state index in [0.29, 0.717) is 12.8 Å². The first kappa shape index (κ1) is 34.5. The van der Waals surface area contributed by atoms with Gasteiger partial charge < -0.3 is 39.9 Å². The second-order valence-corrected chi connectivity index (χ2v) is 9.79. The first-order chi connectivity index (χ1) is 18.5. The van der Waals surface area contributed by atoms with Gasteiger partial charge in [-0.05, 0) is 25.8 Å². The smallest absolute Gasteiger partial charge is 0.249 e. The Bertz CT molecular complexity index is 939. The number of amides is 1. The van der Waals surface area contributed by atoms with E-state index in [4.69, 9.17) is 14.6 Å². The van der Waals surface area contributed by atoms with E-state index in [-0.39, 0.29) is 28.2 Å². The SMILES string of the molecule is CCCCCCCCCC(=CC1=C(C)C(=O)C(OC)=C(OC)C1=O)C(=O)N(C)C[C@H](O)[C@@H](O)[C@H](O)[C@H](O)CO. The fraction of sp³-hybridized carbons (Fsp3) is 0.679. The molecule has 0 heterocycles. The standard InChI is InChI=1S/C28H45NO10/c1-6-7-8-9-10-11-12-13-18(14-19-17(2)22(33)26(38-4)27(39-5)23(19)34)28(37)29(3)15-20(31)24(35)25(36)21(32)16-30/h14,20-21,24-25,30-32,35-36H,6-13,15-16H2,1-5H3/t20-,21+,24+,25+/m0/s1. The summed E-state index contributed by atoms with van der Waals surface area (Å²) in [4.78, 5) is 40.5. The van der Waals surface area contributed by atoms with Gasteiger partial charge in [-0.2, -0.15) is 0 Å². The van der Waals surface area contributed by atoms with Crippen LogP contribution in [0.2, 0.25) is 0 Å². The van der Waals surface area contributed by atoms with Gasteiger partial charge in [0.25, 0.3) is 0 Å². The molecule has 39 heavy (non-hydrogen) atoms. The lowest BCUT2D eigenvalue weighted by Crippen LogP contribution is -2.50. The van der Waals surface area contributed by atoms with Crippen molar-refractivity contribution in [1.29, 1.82) is 0 Å². The van der Waals surface area contributed by atoms with E-state index < -0.39 is 55.0 Å². The lowest BCUT2D eigenvalue weighted by atomic mass is 9.90. The van der Waals surface area contributed by atoms with E-state index in [0.717, 1.165) is 43.4 Å². The number of Topliss-reactive ketones (excluding diaryl/α,β-unsaturated/α-hetero) is 2. The van der Waals surface area contributed by atoms with Crippen LogP contribution in [0.15, 0.2) is 34.3 Å². The number of carbonyl (C=O) groups excluding carboxylic acids is 3. The molecule has 0 aromatic rings. The maximum absolute atomic E-state index is 13.4. The molecule has 11 heteroatoms. The highest BCUT2D eigenvalue weighted by atomic mass is 16.5. The second-order valence-electron chi connectivity index (χ2n) is 9.79. The predicted molar refractivity (Wildman–Crippen MR) is 143 cm³/mol. The van der Waals surface area contributed by atoms with E-state index in [9.17, 15) is 34.8 Å². The van der Waals surface area contributed by atoms with Gasteiger partial charge in [-0.3, -0.25) is 14.4 Å². The van der Waals surface area contributed by atoms with Gasteiger partial charge in [0.15, 0.2) is 0 Å². The summed E-state index contributed by atoms with van der Waals surface area (Å²) >= 11 is 0. The number of carbonyl (C=O) groups is 3. The quantitative estimate of drug-likeness (QED) is 0.0929.